The van der Waals surface area contributed by atoms with Gasteiger partial charge in [-0.1, -0.05) is 35.5 Å². The Hall–Kier alpha value is -3.11. The van der Waals surface area contributed by atoms with Crippen LogP contribution in [0, 0.1) is 0 Å². The van der Waals surface area contributed by atoms with Crippen molar-refractivity contribution in [2.75, 3.05) is 19.6 Å². The molecule has 1 aliphatic heterocycles. The molecule has 2 heterocycles. The Bertz CT molecular complexity index is 825. The van der Waals surface area contributed by atoms with Crippen molar-refractivity contribution in [2.24, 2.45) is 0 Å². The third kappa shape index (κ3) is 4.99. The van der Waals surface area contributed by atoms with E-state index >= 15 is 0 Å². The van der Waals surface area contributed by atoms with Crippen LogP contribution in [0.5, 0.6) is 0 Å². The Balaban J connectivity index is 1.43. The first-order chi connectivity index (χ1) is 13.3. The largest absolute Gasteiger partial charge is 0.471 e. The van der Waals surface area contributed by atoms with Gasteiger partial charge in [-0.15, -0.1) is 0 Å². The van der Waals surface area contributed by atoms with Gasteiger partial charge in [-0.05, 0) is 12.0 Å². The van der Waals surface area contributed by atoms with E-state index in [4.69, 9.17) is 4.74 Å². The summed E-state index contributed by atoms with van der Waals surface area (Å²) in [6.07, 6.45) is -5.04. The number of halogens is 3. The molecule has 1 N–H and O–H groups in total. The van der Waals surface area contributed by atoms with Crippen molar-refractivity contribution < 1.29 is 32.0 Å². The number of amides is 2. The summed E-state index contributed by atoms with van der Waals surface area (Å²) in [4.78, 5) is 28.6. The van der Waals surface area contributed by atoms with E-state index in [0.29, 0.717) is 13.0 Å². The topological polar surface area (TPSA) is 97.6 Å². The first kappa shape index (κ1) is 19.6. The second-order valence-electron chi connectivity index (χ2n) is 6.20. The third-order valence-corrected chi connectivity index (χ3v) is 4.19. The lowest BCUT2D eigenvalue weighted by Gasteiger charge is -2.16. The van der Waals surface area contributed by atoms with Gasteiger partial charge in [0.2, 0.25) is 5.91 Å². The smallest absolute Gasteiger partial charge is 0.445 e. The number of alkyl carbamates (subject to hydrolysis) is 1. The first-order valence-electron chi connectivity index (χ1n) is 8.46. The van der Waals surface area contributed by atoms with Crippen LogP contribution in [0.3, 0.4) is 0 Å². The molecule has 28 heavy (non-hydrogen) atoms. The van der Waals surface area contributed by atoms with Crippen LogP contribution < -0.4 is 5.32 Å². The normalized spacial score (nSPS) is 16.8. The van der Waals surface area contributed by atoms with E-state index in [1.807, 2.05) is 18.2 Å². The summed E-state index contributed by atoms with van der Waals surface area (Å²) in [5.74, 6) is -2.32. The lowest BCUT2D eigenvalue weighted by Crippen LogP contribution is -2.39. The predicted molar refractivity (Wildman–Crippen MR) is 87.9 cm³/mol. The van der Waals surface area contributed by atoms with Crippen molar-refractivity contribution in [1.82, 2.24) is 20.4 Å². The molecule has 2 aromatic rings. The molecule has 150 valence electrons. The van der Waals surface area contributed by atoms with Crippen LogP contribution in [-0.2, 0) is 22.3 Å². The maximum atomic E-state index is 12.5. The average molecular weight is 398 g/mol. The van der Waals surface area contributed by atoms with E-state index in [9.17, 15) is 22.8 Å². The molecule has 3 rings (SSSR count). The molecule has 1 saturated heterocycles. The van der Waals surface area contributed by atoms with Gasteiger partial charge < -0.3 is 19.5 Å². The number of ether oxygens (including phenoxy) is 1. The first-order valence-corrected chi connectivity index (χ1v) is 8.46. The fourth-order valence-electron chi connectivity index (χ4n) is 2.75. The molecule has 0 aliphatic carbocycles. The minimum absolute atomic E-state index is 0.0754. The van der Waals surface area contributed by atoms with E-state index in [2.05, 4.69) is 20.0 Å². The van der Waals surface area contributed by atoms with E-state index in [1.54, 1.807) is 12.1 Å². The predicted octanol–water partition coefficient (Wildman–Crippen LogP) is 2.33. The fraction of sp³-hybridized carbons (Fsp3) is 0.412. The van der Waals surface area contributed by atoms with Crippen molar-refractivity contribution in [2.45, 2.75) is 25.1 Å². The summed E-state index contributed by atoms with van der Waals surface area (Å²) in [5.41, 5.74) is 0.810. The summed E-state index contributed by atoms with van der Waals surface area (Å²) >= 11 is 0. The molecule has 2 amide bonds. The Labute approximate surface area is 157 Å². The van der Waals surface area contributed by atoms with Crippen molar-refractivity contribution in [3.8, 4) is 0 Å². The summed E-state index contributed by atoms with van der Waals surface area (Å²) in [5, 5.41) is 5.71. The van der Waals surface area contributed by atoms with Crippen LogP contribution in [0.1, 0.15) is 29.6 Å². The maximum Gasteiger partial charge on any atom is 0.471 e. The molecule has 1 aliphatic rings. The van der Waals surface area contributed by atoms with Gasteiger partial charge in [0.15, 0.2) is 5.82 Å². The molecule has 0 radical (unpaired) electrons. The third-order valence-electron chi connectivity index (χ3n) is 4.19. The van der Waals surface area contributed by atoms with Gasteiger partial charge >= 0.3 is 18.2 Å². The zero-order valence-electron chi connectivity index (χ0n) is 14.6. The summed E-state index contributed by atoms with van der Waals surface area (Å²) in [6.45, 7) is 0.267. The summed E-state index contributed by atoms with van der Waals surface area (Å²) in [7, 11) is 0. The van der Waals surface area contributed by atoms with Crippen molar-refractivity contribution in [1.29, 1.82) is 0 Å². The number of carbonyl (C=O) groups excluding carboxylic acids is 2. The highest BCUT2D eigenvalue weighted by atomic mass is 19.4. The zero-order valence-corrected chi connectivity index (χ0v) is 14.6. The molecule has 0 spiro atoms. The highest BCUT2D eigenvalue weighted by molar-refractivity contribution is 5.82. The van der Waals surface area contributed by atoms with E-state index in [1.165, 1.54) is 4.90 Å². The van der Waals surface area contributed by atoms with Crippen LogP contribution in [0.4, 0.5) is 18.0 Å². The number of aromatic nitrogens is 2. The summed E-state index contributed by atoms with van der Waals surface area (Å²) < 4.78 is 46.8. The molecule has 0 bridgehead atoms. The number of hydrogen-bond donors (Lipinski definition) is 1. The zero-order chi connectivity index (χ0) is 20.1. The standard InChI is InChI=1S/C17H17F3N4O4/c18-17(19,20)15-22-14(23-28-15)12-6-7-24(9-12)13(25)8-21-16(26)27-10-11-4-2-1-3-5-11/h1-5,12H,6-10H2,(H,21,26)/t12-/m0/s1. The molecule has 0 unspecified atom stereocenters. The molecule has 11 heteroatoms. The fourth-order valence-corrected chi connectivity index (χ4v) is 2.75. The minimum atomic E-state index is -4.70. The lowest BCUT2D eigenvalue weighted by molar-refractivity contribution is -0.159. The van der Waals surface area contributed by atoms with Crippen LogP contribution in [-0.4, -0.2) is 46.7 Å². The number of hydrogen-bond acceptors (Lipinski definition) is 6. The van der Waals surface area contributed by atoms with Crippen LogP contribution in [0.15, 0.2) is 34.9 Å². The number of likely N-dealkylation sites (tertiary alicyclic amines) is 1. The van der Waals surface area contributed by atoms with Crippen LogP contribution in [0.25, 0.3) is 0 Å². The average Bonchev–Trinajstić information content (AvgIpc) is 3.34. The van der Waals surface area contributed by atoms with Gasteiger partial charge in [0.05, 0.1) is 0 Å². The number of benzene rings is 1. The second-order valence-corrected chi connectivity index (χ2v) is 6.20. The van der Waals surface area contributed by atoms with E-state index in [-0.39, 0.29) is 31.4 Å². The minimum Gasteiger partial charge on any atom is -0.445 e. The van der Waals surface area contributed by atoms with Gasteiger partial charge in [0.1, 0.15) is 13.2 Å². The Morgan fingerprint density at radius 3 is 2.71 bits per heavy atom. The number of rotatable bonds is 5. The highest BCUT2D eigenvalue weighted by Gasteiger charge is 2.40. The maximum absolute atomic E-state index is 12.5. The molecular formula is C17H17F3N4O4. The van der Waals surface area contributed by atoms with Gasteiger partial charge in [-0.25, -0.2) is 4.79 Å². The van der Waals surface area contributed by atoms with E-state index < -0.39 is 24.1 Å². The molecule has 1 fully saturated rings. The monoisotopic (exact) mass is 398 g/mol. The van der Waals surface area contributed by atoms with E-state index in [0.717, 1.165) is 5.56 Å². The quantitative estimate of drug-likeness (QED) is 0.830. The van der Waals surface area contributed by atoms with Gasteiger partial charge in [0, 0.05) is 19.0 Å². The number of carbonyl (C=O) groups is 2. The van der Waals surface area contributed by atoms with Gasteiger partial charge in [-0.3, -0.25) is 4.79 Å². The van der Waals surface area contributed by atoms with Crippen molar-refractivity contribution in [3.05, 3.63) is 47.6 Å². The Morgan fingerprint density at radius 1 is 1.29 bits per heavy atom. The van der Waals surface area contributed by atoms with Gasteiger partial charge in [-0.2, -0.15) is 18.2 Å². The Kier molecular flexibility index (Phi) is 5.81. The summed E-state index contributed by atoms with van der Waals surface area (Å²) in [6, 6.07) is 9.05. The van der Waals surface area contributed by atoms with Crippen LogP contribution in [0.2, 0.25) is 0 Å². The SMILES string of the molecule is O=C(NCC(=O)N1CC[C@H](c2noc(C(F)(F)F)n2)C1)OCc1ccccc1. The molecule has 1 aromatic carbocycles. The van der Waals surface area contributed by atoms with Crippen molar-refractivity contribution in [3.63, 3.8) is 0 Å². The molecular weight excluding hydrogens is 381 g/mol. The Morgan fingerprint density at radius 2 is 2.04 bits per heavy atom. The highest BCUT2D eigenvalue weighted by Crippen LogP contribution is 2.31. The molecule has 0 saturated carbocycles. The molecule has 1 atom stereocenters. The molecule has 1 aromatic heterocycles. The number of alkyl halides is 3. The molecule has 8 nitrogen and oxygen atoms in total. The number of nitrogens with zero attached hydrogens (tertiary/aromatic N) is 3. The van der Waals surface area contributed by atoms with Crippen molar-refractivity contribution >= 4 is 12.0 Å². The second kappa shape index (κ2) is 8.28. The van der Waals surface area contributed by atoms with Crippen LogP contribution >= 0.6 is 0 Å². The number of nitrogens with one attached hydrogen (secondary N) is 1. The lowest BCUT2D eigenvalue weighted by atomic mass is 10.1. The van der Waals surface area contributed by atoms with Gasteiger partial charge in [0.25, 0.3) is 0 Å².